The fourth-order valence-corrected chi connectivity index (χ4v) is 1.17. The highest BCUT2D eigenvalue weighted by atomic mass is 35.5. The highest BCUT2D eigenvalue weighted by Crippen LogP contribution is 2.34. The molecule has 0 saturated heterocycles. The molecule has 1 aromatic carbocycles. The molecule has 0 atom stereocenters. The van der Waals surface area contributed by atoms with Crippen LogP contribution in [0.4, 0.5) is 13.2 Å². The first-order valence-electron chi connectivity index (χ1n) is 3.42. The van der Waals surface area contributed by atoms with Crippen molar-refractivity contribution in [1.29, 1.82) is 0 Å². The van der Waals surface area contributed by atoms with Gasteiger partial charge in [0.05, 0.1) is 16.1 Å². The average Bonchev–Trinajstić information content (AvgIpc) is 2.01. The van der Waals surface area contributed by atoms with Gasteiger partial charge >= 0.3 is 12.1 Å². The number of aromatic carboxylic acids is 1. The summed E-state index contributed by atoms with van der Waals surface area (Å²) in [6.07, 6.45) is -4.56. The number of rotatable bonds is 1. The fraction of sp³-hybridized carbons (Fsp3) is 0.125. The molecular weight excluding hydrogens is 221 g/mol. The third-order valence-corrected chi connectivity index (χ3v) is 1.83. The molecule has 2 nitrogen and oxygen atoms in total. The predicted octanol–water partition coefficient (Wildman–Crippen LogP) is 3.06. The Morgan fingerprint density at radius 2 is 1.93 bits per heavy atom. The number of carboxylic acid groups (broad SMARTS) is 1. The van der Waals surface area contributed by atoms with Gasteiger partial charge in [-0.2, -0.15) is 13.2 Å². The van der Waals surface area contributed by atoms with Crippen LogP contribution in [0.2, 0.25) is 5.02 Å². The van der Waals surface area contributed by atoms with E-state index in [1.54, 1.807) is 0 Å². The van der Waals surface area contributed by atoms with Crippen LogP contribution in [0, 0.1) is 0 Å². The maximum Gasteiger partial charge on any atom is 0.417 e. The minimum atomic E-state index is -4.56. The monoisotopic (exact) mass is 224 g/mol. The number of carboxylic acids is 1. The van der Waals surface area contributed by atoms with Crippen molar-refractivity contribution >= 4 is 17.6 Å². The number of hydrogen-bond acceptors (Lipinski definition) is 1. The summed E-state index contributed by atoms with van der Waals surface area (Å²) < 4.78 is 36.4. The summed E-state index contributed by atoms with van der Waals surface area (Å²) in [7, 11) is 0. The summed E-state index contributed by atoms with van der Waals surface area (Å²) in [6, 6.07) is 2.27. The molecule has 0 spiro atoms. The summed E-state index contributed by atoms with van der Waals surface area (Å²) in [4.78, 5) is 10.4. The molecule has 1 N–H and O–H groups in total. The first-order chi connectivity index (χ1) is 6.32. The van der Waals surface area contributed by atoms with E-state index in [1.165, 1.54) is 0 Å². The highest BCUT2D eigenvalue weighted by Gasteiger charge is 2.33. The van der Waals surface area contributed by atoms with Crippen molar-refractivity contribution in [3.05, 3.63) is 34.3 Å². The molecule has 0 aliphatic heterocycles. The second-order valence-electron chi connectivity index (χ2n) is 2.50. The zero-order valence-electron chi connectivity index (χ0n) is 6.60. The molecule has 0 bridgehead atoms. The molecule has 0 unspecified atom stereocenters. The lowest BCUT2D eigenvalue weighted by atomic mass is 10.1. The maximum absolute atomic E-state index is 12.1. The minimum absolute atomic E-state index is 0.275. The summed E-state index contributed by atoms with van der Waals surface area (Å²) in [5.74, 6) is -1.32. The van der Waals surface area contributed by atoms with Gasteiger partial charge in [-0.05, 0) is 18.2 Å². The van der Waals surface area contributed by atoms with Crippen LogP contribution in [0.1, 0.15) is 15.9 Å². The average molecular weight is 225 g/mol. The normalized spacial score (nSPS) is 11.4. The van der Waals surface area contributed by atoms with Crippen LogP contribution in [0.3, 0.4) is 0 Å². The van der Waals surface area contributed by atoms with Gasteiger partial charge in [0, 0.05) is 0 Å². The van der Waals surface area contributed by atoms with Gasteiger partial charge in [-0.15, -0.1) is 0 Å². The van der Waals surface area contributed by atoms with Crippen LogP contribution in [0.5, 0.6) is 0 Å². The van der Waals surface area contributed by atoms with E-state index < -0.39 is 22.7 Å². The van der Waals surface area contributed by atoms with Gasteiger partial charge in [0.2, 0.25) is 0 Å². The smallest absolute Gasteiger partial charge is 0.417 e. The molecule has 0 aliphatic rings. The van der Waals surface area contributed by atoms with Gasteiger partial charge in [0.25, 0.3) is 0 Å². The third-order valence-electron chi connectivity index (χ3n) is 1.52. The van der Waals surface area contributed by atoms with E-state index in [-0.39, 0.29) is 5.56 Å². The van der Waals surface area contributed by atoms with E-state index in [1.807, 2.05) is 0 Å². The van der Waals surface area contributed by atoms with Crippen LogP contribution in [0.25, 0.3) is 0 Å². The second-order valence-corrected chi connectivity index (χ2v) is 2.90. The summed E-state index contributed by atoms with van der Waals surface area (Å²) in [5.41, 5.74) is -1.31. The van der Waals surface area contributed by atoms with Crippen LogP contribution in [0.15, 0.2) is 18.2 Å². The summed E-state index contributed by atoms with van der Waals surface area (Å²) in [5, 5.41) is 7.85. The quantitative estimate of drug-likeness (QED) is 0.796. The molecule has 14 heavy (non-hydrogen) atoms. The van der Waals surface area contributed by atoms with E-state index in [9.17, 15) is 18.0 Å². The van der Waals surface area contributed by atoms with Crippen molar-refractivity contribution in [1.82, 2.24) is 0 Å². The Morgan fingerprint density at radius 1 is 1.36 bits per heavy atom. The van der Waals surface area contributed by atoms with Crippen molar-refractivity contribution in [2.75, 3.05) is 0 Å². The van der Waals surface area contributed by atoms with Gasteiger partial charge in [-0.1, -0.05) is 11.6 Å². The number of hydrogen-bond donors (Lipinski definition) is 1. The Hall–Kier alpha value is -1.23. The fourth-order valence-electron chi connectivity index (χ4n) is 0.878. The van der Waals surface area contributed by atoms with E-state index in [0.717, 1.165) is 12.1 Å². The summed E-state index contributed by atoms with van der Waals surface area (Å²) >= 11 is 5.27. The van der Waals surface area contributed by atoms with Crippen molar-refractivity contribution in [2.45, 2.75) is 6.18 Å². The van der Waals surface area contributed by atoms with Crippen LogP contribution < -0.4 is 0 Å². The van der Waals surface area contributed by atoms with Crippen LogP contribution in [-0.4, -0.2) is 11.1 Å². The Balaban J connectivity index is 3.21. The maximum atomic E-state index is 12.1. The van der Waals surface area contributed by atoms with Crippen LogP contribution >= 0.6 is 11.6 Å². The van der Waals surface area contributed by atoms with Gasteiger partial charge in [0.1, 0.15) is 0 Å². The van der Waals surface area contributed by atoms with Crippen molar-refractivity contribution in [2.24, 2.45) is 0 Å². The van der Waals surface area contributed by atoms with Crippen molar-refractivity contribution in [3.63, 3.8) is 0 Å². The minimum Gasteiger partial charge on any atom is -0.478 e. The Kier molecular flexibility index (Phi) is 2.71. The van der Waals surface area contributed by atoms with Gasteiger partial charge in [-0.25, -0.2) is 4.79 Å². The summed E-state index contributed by atoms with van der Waals surface area (Å²) in [6.45, 7) is 0. The molecule has 0 saturated carbocycles. The highest BCUT2D eigenvalue weighted by molar-refractivity contribution is 6.31. The SMILES string of the molecule is O=C(O)c1ccc(C(F)(F)F)c(Cl)c1. The van der Waals surface area contributed by atoms with E-state index in [0.29, 0.717) is 6.07 Å². The molecule has 1 aromatic rings. The molecular formula is C8H4ClF3O2. The largest absolute Gasteiger partial charge is 0.478 e. The topological polar surface area (TPSA) is 37.3 Å². The molecule has 0 fully saturated rings. The lowest BCUT2D eigenvalue weighted by Crippen LogP contribution is -2.07. The van der Waals surface area contributed by atoms with Gasteiger partial charge in [0.15, 0.2) is 0 Å². The van der Waals surface area contributed by atoms with Crippen molar-refractivity contribution < 1.29 is 23.1 Å². The zero-order chi connectivity index (χ0) is 10.9. The molecule has 0 heterocycles. The third kappa shape index (κ3) is 2.17. The molecule has 1 rings (SSSR count). The van der Waals surface area contributed by atoms with E-state index in [2.05, 4.69) is 0 Å². The van der Waals surface area contributed by atoms with E-state index >= 15 is 0 Å². The zero-order valence-corrected chi connectivity index (χ0v) is 7.36. The molecule has 0 aromatic heterocycles. The second kappa shape index (κ2) is 3.49. The molecule has 0 amide bonds. The van der Waals surface area contributed by atoms with Crippen LogP contribution in [-0.2, 0) is 6.18 Å². The number of carbonyl (C=O) groups is 1. The first kappa shape index (κ1) is 10.8. The van der Waals surface area contributed by atoms with Gasteiger partial charge in [-0.3, -0.25) is 0 Å². The molecule has 0 radical (unpaired) electrons. The molecule has 6 heteroatoms. The van der Waals surface area contributed by atoms with Crippen molar-refractivity contribution in [3.8, 4) is 0 Å². The molecule has 76 valence electrons. The standard InChI is InChI=1S/C8H4ClF3O2/c9-6-3-4(7(13)14)1-2-5(6)8(10,11)12/h1-3H,(H,13,14). The lowest BCUT2D eigenvalue weighted by Gasteiger charge is -2.08. The number of halogens is 4. The molecule has 0 aliphatic carbocycles. The van der Waals surface area contributed by atoms with Gasteiger partial charge < -0.3 is 5.11 Å². The number of benzene rings is 1. The lowest BCUT2D eigenvalue weighted by molar-refractivity contribution is -0.137. The Labute approximate surface area is 81.9 Å². The first-order valence-corrected chi connectivity index (χ1v) is 3.80. The number of alkyl halides is 3. The van der Waals surface area contributed by atoms with E-state index in [4.69, 9.17) is 16.7 Å². The predicted molar refractivity (Wildman–Crippen MR) is 43.4 cm³/mol. The Bertz CT molecular complexity index is 373. The Morgan fingerprint density at radius 3 is 2.29 bits per heavy atom.